The van der Waals surface area contributed by atoms with Gasteiger partial charge in [0.15, 0.2) is 0 Å². The van der Waals surface area contributed by atoms with Crippen molar-refractivity contribution >= 4 is 35.0 Å². The molecule has 0 aliphatic heterocycles. The normalized spacial score (nSPS) is 10.1. The van der Waals surface area contributed by atoms with Gasteiger partial charge in [0.05, 0.1) is 5.69 Å². The van der Waals surface area contributed by atoms with E-state index in [1.165, 1.54) is 4.90 Å². The Hall–Kier alpha value is -1.65. The molecule has 2 rings (SSSR count). The van der Waals surface area contributed by atoms with Crippen molar-refractivity contribution in [2.75, 3.05) is 11.2 Å². The predicted molar refractivity (Wildman–Crippen MR) is 89.6 cm³/mol. The van der Waals surface area contributed by atoms with Gasteiger partial charge in [-0.05, 0) is 48.6 Å². The number of carbonyl (C=O) groups is 1. The molecule has 0 saturated carbocycles. The largest absolute Gasteiger partial charge is 0.299 e. The van der Waals surface area contributed by atoms with E-state index in [4.69, 9.17) is 11.6 Å². The zero-order valence-electron chi connectivity index (χ0n) is 11.5. The van der Waals surface area contributed by atoms with Crippen molar-refractivity contribution in [1.82, 2.24) is 5.43 Å². The lowest BCUT2D eigenvalue weighted by atomic mass is 10.3. The van der Waals surface area contributed by atoms with Crippen LogP contribution in [0.3, 0.4) is 0 Å². The Kier molecular flexibility index (Phi) is 6.44. The van der Waals surface area contributed by atoms with E-state index in [0.29, 0.717) is 6.42 Å². The summed E-state index contributed by atoms with van der Waals surface area (Å²) in [4.78, 5) is 12.8. The highest BCUT2D eigenvalue weighted by molar-refractivity contribution is 7.99. The van der Waals surface area contributed by atoms with Gasteiger partial charge in [-0.15, -0.1) is 11.8 Å². The topological polar surface area (TPSA) is 41.1 Å². The van der Waals surface area contributed by atoms with E-state index in [2.05, 4.69) is 10.9 Å². The maximum Gasteiger partial charge on any atom is 0.238 e. The molecule has 0 bridgehead atoms. The molecule has 2 aromatic carbocycles. The average Bonchev–Trinajstić information content (AvgIpc) is 2.52. The van der Waals surface area contributed by atoms with Gasteiger partial charge >= 0.3 is 0 Å². The maximum atomic E-state index is 11.7. The lowest BCUT2D eigenvalue weighted by Gasteiger charge is -2.08. The summed E-state index contributed by atoms with van der Waals surface area (Å²) in [5.74, 6) is 0.899. The van der Waals surface area contributed by atoms with E-state index in [9.17, 15) is 4.79 Å². The number of hydrogen-bond donors (Lipinski definition) is 2. The van der Waals surface area contributed by atoms with Crippen molar-refractivity contribution in [3.05, 3.63) is 59.6 Å². The fraction of sp³-hybridized carbons (Fsp3) is 0.188. The lowest BCUT2D eigenvalue weighted by molar-refractivity contribution is -0.120. The minimum Gasteiger partial charge on any atom is -0.299 e. The van der Waals surface area contributed by atoms with Gasteiger partial charge in [-0.1, -0.05) is 29.8 Å². The Morgan fingerprint density at radius 2 is 1.76 bits per heavy atom. The van der Waals surface area contributed by atoms with Crippen LogP contribution in [0.15, 0.2) is 59.5 Å². The van der Waals surface area contributed by atoms with E-state index in [1.54, 1.807) is 11.8 Å². The van der Waals surface area contributed by atoms with Crippen molar-refractivity contribution in [2.24, 2.45) is 0 Å². The summed E-state index contributed by atoms with van der Waals surface area (Å²) < 4.78 is 0. The van der Waals surface area contributed by atoms with Gasteiger partial charge < -0.3 is 0 Å². The molecule has 0 aromatic heterocycles. The van der Waals surface area contributed by atoms with Crippen LogP contribution in [0, 0.1) is 0 Å². The summed E-state index contributed by atoms with van der Waals surface area (Å²) >= 11 is 7.56. The second kappa shape index (κ2) is 8.60. The number of nitrogens with one attached hydrogen (secondary N) is 2. The van der Waals surface area contributed by atoms with Crippen molar-refractivity contribution < 1.29 is 4.79 Å². The van der Waals surface area contributed by atoms with Gasteiger partial charge in [-0.2, -0.15) is 0 Å². The van der Waals surface area contributed by atoms with Crippen molar-refractivity contribution in [3.8, 4) is 0 Å². The molecule has 3 nitrogen and oxygen atoms in total. The van der Waals surface area contributed by atoms with Crippen LogP contribution in [-0.4, -0.2) is 11.7 Å². The minimum atomic E-state index is -0.00411. The van der Waals surface area contributed by atoms with E-state index < -0.39 is 0 Å². The molecule has 0 fully saturated rings. The molecule has 0 aliphatic rings. The van der Waals surface area contributed by atoms with Gasteiger partial charge in [0.2, 0.25) is 5.91 Å². The predicted octanol–water partition coefficient (Wildman–Crippen LogP) is 4.36. The smallest absolute Gasteiger partial charge is 0.238 e. The fourth-order valence-corrected chi connectivity index (χ4v) is 2.66. The van der Waals surface area contributed by atoms with E-state index in [1.807, 2.05) is 54.6 Å². The van der Waals surface area contributed by atoms with E-state index in [-0.39, 0.29) is 5.91 Å². The zero-order chi connectivity index (χ0) is 14.9. The second-order valence-electron chi connectivity index (χ2n) is 4.45. The van der Waals surface area contributed by atoms with Crippen LogP contribution in [0.1, 0.15) is 12.8 Å². The monoisotopic (exact) mass is 320 g/mol. The van der Waals surface area contributed by atoms with Crippen LogP contribution in [0.2, 0.25) is 5.02 Å². The highest BCUT2D eigenvalue weighted by Crippen LogP contribution is 2.21. The molecule has 0 saturated heterocycles. The number of rotatable bonds is 7. The number of anilines is 1. The average molecular weight is 321 g/mol. The number of hydrazine groups is 1. The molecule has 0 atom stereocenters. The quantitative estimate of drug-likeness (QED) is 0.452. The first-order chi connectivity index (χ1) is 10.2. The molecule has 0 aliphatic carbocycles. The molecule has 0 spiro atoms. The molecular weight excluding hydrogens is 304 g/mol. The third-order valence-electron chi connectivity index (χ3n) is 2.75. The van der Waals surface area contributed by atoms with Gasteiger partial charge in [0, 0.05) is 16.3 Å². The van der Waals surface area contributed by atoms with Crippen LogP contribution in [0.4, 0.5) is 5.69 Å². The maximum absolute atomic E-state index is 11.7. The number of hydrogen-bond acceptors (Lipinski definition) is 3. The van der Waals surface area contributed by atoms with Crippen LogP contribution in [0.25, 0.3) is 0 Å². The van der Waals surface area contributed by atoms with Crippen molar-refractivity contribution in [1.29, 1.82) is 0 Å². The number of thioether (sulfide) groups is 1. The van der Waals surface area contributed by atoms with Crippen LogP contribution in [0.5, 0.6) is 0 Å². The Balaban J connectivity index is 1.60. The van der Waals surface area contributed by atoms with Crippen LogP contribution < -0.4 is 10.9 Å². The first kappa shape index (κ1) is 15.7. The lowest BCUT2D eigenvalue weighted by Crippen LogP contribution is -2.29. The highest BCUT2D eigenvalue weighted by Gasteiger charge is 2.01. The van der Waals surface area contributed by atoms with Gasteiger partial charge in [-0.25, -0.2) is 0 Å². The molecule has 2 N–H and O–H groups in total. The summed E-state index contributed by atoms with van der Waals surface area (Å²) in [7, 11) is 0. The summed E-state index contributed by atoms with van der Waals surface area (Å²) in [6.45, 7) is 0. The highest BCUT2D eigenvalue weighted by atomic mass is 35.5. The number of carbonyl (C=O) groups excluding carboxylic acids is 1. The number of benzene rings is 2. The summed E-state index contributed by atoms with van der Waals surface area (Å²) in [5.41, 5.74) is 6.45. The number of halogens is 1. The molecule has 0 radical (unpaired) electrons. The second-order valence-corrected chi connectivity index (χ2v) is 6.05. The molecule has 2 aromatic rings. The first-order valence-corrected chi connectivity index (χ1v) is 8.09. The van der Waals surface area contributed by atoms with Gasteiger partial charge in [0.25, 0.3) is 0 Å². The Labute approximate surface area is 134 Å². The standard InChI is InChI=1S/C16H17ClN2OS/c17-13-8-10-15(11-9-13)21-12-4-7-16(20)19-18-14-5-2-1-3-6-14/h1-3,5-6,8-11,18H,4,7,12H2,(H,19,20). The SMILES string of the molecule is O=C(CCCSc1ccc(Cl)cc1)NNc1ccccc1. The molecule has 5 heteroatoms. The molecule has 21 heavy (non-hydrogen) atoms. The number of amides is 1. The number of para-hydroxylation sites is 1. The van der Waals surface area contributed by atoms with E-state index in [0.717, 1.165) is 22.9 Å². The third-order valence-corrected chi connectivity index (χ3v) is 4.10. The zero-order valence-corrected chi connectivity index (χ0v) is 13.1. The van der Waals surface area contributed by atoms with Crippen molar-refractivity contribution in [2.45, 2.75) is 17.7 Å². The summed E-state index contributed by atoms with van der Waals surface area (Å²) in [5, 5.41) is 0.741. The van der Waals surface area contributed by atoms with Gasteiger partial charge in [0.1, 0.15) is 0 Å². The first-order valence-electron chi connectivity index (χ1n) is 6.72. The Morgan fingerprint density at radius 3 is 2.48 bits per heavy atom. The molecule has 1 amide bonds. The Morgan fingerprint density at radius 1 is 1.05 bits per heavy atom. The summed E-state index contributed by atoms with van der Waals surface area (Å²) in [6, 6.07) is 17.3. The molecular formula is C16H17ClN2OS. The molecule has 110 valence electrons. The minimum absolute atomic E-state index is 0.00411. The molecule has 0 heterocycles. The van der Waals surface area contributed by atoms with Crippen LogP contribution >= 0.6 is 23.4 Å². The van der Waals surface area contributed by atoms with Gasteiger partial charge in [-0.3, -0.25) is 15.6 Å². The van der Waals surface area contributed by atoms with Crippen molar-refractivity contribution in [3.63, 3.8) is 0 Å². The Bertz CT molecular complexity index is 560. The summed E-state index contributed by atoms with van der Waals surface area (Å²) in [6.07, 6.45) is 1.33. The molecule has 0 unspecified atom stereocenters. The van der Waals surface area contributed by atoms with E-state index >= 15 is 0 Å². The fourth-order valence-electron chi connectivity index (χ4n) is 1.68. The third kappa shape index (κ3) is 6.10. The van der Waals surface area contributed by atoms with Crippen LogP contribution in [-0.2, 0) is 4.79 Å².